The van der Waals surface area contributed by atoms with E-state index in [1.54, 1.807) is 5.73 Å². The molecule has 0 aliphatic carbocycles. The van der Waals surface area contributed by atoms with Gasteiger partial charge in [-0.15, -0.1) is 5.73 Å². The largest absolute Gasteiger partial charge is 0.468 e. The third-order valence-electron chi connectivity index (χ3n) is 1.58. The molecule has 84 valence electrons. The van der Waals surface area contributed by atoms with Crippen LogP contribution >= 0.6 is 0 Å². The van der Waals surface area contributed by atoms with Crippen molar-refractivity contribution in [2.24, 2.45) is 5.41 Å². The van der Waals surface area contributed by atoms with Gasteiger partial charge in [0.15, 0.2) is 0 Å². The fraction of sp³-hybridized carbons (Fsp3) is 0.375. The second-order valence-electron chi connectivity index (χ2n) is 2.42. The van der Waals surface area contributed by atoms with Gasteiger partial charge in [-0.1, -0.05) is 6.58 Å². The van der Waals surface area contributed by atoms with E-state index in [2.05, 4.69) is 11.3 Å². The fourth-order valence-electron chi connectivity index (χ4n) is 0.819. The van der Waals surface area contributed by atoms with Crippen LogP contribution in [0, 0.1) is 5.41 Å². The summed E-state index contributed by atoms with van der Waals surface area (Å²) in [6.07, 6.45) is -5.56. The van der Waals surface area contributed by atoms with Crippen LogP contribution in [0.25, 0.3) is 0 Å². The number of rotatable bonds is 3. The third-order valence-corrected chi connectivity index (χ3v) is 1.58. The van der Waals surface area contributed by atoms with Crippen molar-refractivity contribution in [1.29, 1.82) is 0 Å². The maximum atomic E-state index is 12.4. The minimum atomic E-state index is -5.45. The average molecular weight is 226 g/mol. The van der Waals surface area contributed by atoms with Crippen molar-refractivity contribution in [1.82, 2.24) is 0 Å². The fourth-order valence-corrected chi connectivity index (χ4v) is 0.819. The summed E-state index contributed by atoms with van der Waals surface area (Å²) in [4.78, 5) is 21.1. The Morgan fingerprint density at radius 2 is 1.87 bits per heavy atom. The quantitative estimate of drug-likeness (QED) is 0.241. The molecule has 0 aromatic heterocycles. The summed E-state index contributed by atoms with van der Waals surface area (Å²) < 4.78 is 53.3. The Morgan fingerprint density at radius 3 is 2.07 bits per heavy atom. The standard InChI is InChI=1S/C8H6F4O3/c1-3-4-7(5(9)13,6(14)15-2)8(10,11)12/h4H,1H2,2H3. The zero-order chi connectivity index (χ0) is 12.3. The molecule has 0 aliphatic rings. The molecule has 0 spiro atoms. The molecule has 0 heterocycles. The normalized spacial score (nSPS) is 14.7. The minimum Gasteiger partial charge on any atom is -0.468 e. The zero-order valence-electron chi connectivity index (χ0n) is 7.52. The number of halogens is 4. The van der Waals surface area contributed by atoms with E-state index in [-0.39, 0.29) is 6.08 Å². The molecule has 0 aromatic carbocycles. The van der Waals surface area contributed by atoms with Gasteiger partial charge in [-0.25, -0.2) is 0 Å². The van der Waals surface area contributed by atoms with Gasteiger partial charge in [-0.05, 0) is 6.08 Å². The first-order chi connectivity index (χ1) is 6.74. The third kappa shape index (κ3) is 2.07. The molecule has 3 nitrogen and oxygen atoms in total. The van der Waals surface area contributed by atoms with Crippen molar-refractivity contribution in [3.8, 4) is 0 Å². The highest BCUT2D eigenvalue weighted by Gasteiger charge is 2.66. The zero-order valence-corrected chi connectivity index (χ0v) is 7.52. The lowest BCUT2D eigenvalue weighted by Gasteiger charge is -2.24. The summed E-state index contributed by atoms with van der Waals surface area (Å²) in [6, 6.07) is -2.89. The van der Waals surface area contributed by atoms with Gasteiger partial charge in [0.05, 0.1) is 7.11 Å². The van der Waals surface area contributed by atoms with Gasteiger partial charge >= 0.3 is 18.2 Å². The minimum absolute atomic E-state index is 0.110. The Kier molecular flexibility index (Phi) is 3.81. The number of methoxy groups -OCH3 is 1. The Hall–Kier alpha value is -1.62. The van der Waals surface area contributed by atoms with Crippen LogP contribution in [-0.2, 0) is 14.3 Å². The lowest BCUT2D eigenvalue weighted by atomic mass is 9.88. The molecule has 0 aromatic rings. The summed E-state index contributed by atoms with van der Waals surface area (Å²) >= 11 is 0. The molecular formula is C8H6F4O3. The van der Waals surface area contributed by atoms with Crippen LogP contribution in [0.5, 0.6) is 0 Å². The Balaban J connectivity index is 5.81. The smallest absolute Gasteiger partial charge is 0.418 e. The number of esters is 1. The van der Waals surface area contributed by atoms with Crippen LogP contribution in [0.15, 0.2) is 18.4 Å². The number of alkyl halides is 3. The average Bonchev–Trinajstić information content (AvgIpc) is 2.10. The van der Waals surface area contributed by atoms with Crippen LogP contribution in [-0.4, -0.2) is 25.3 Å². The van der Waals surface area contributed by atoms with Crippen molar-refractivity contribution in [2.75, 3.05) is 7.11 Å². The van der Waals surface area contributed by atoms with Crippen molar-refractivity contribution < 1.29 is 31.9 Å². The first-order valence-electron chi connectivity index (χ1n) is 3.46. The summed E-state index contributed by atoms with van der Waals surface area (Å²) in [7, 11) is 0.600. The predicted octanol–water partition coefficient (Wildman–Crippen LogP) is 1.55. The van der Waals surface area contributed by atoms with Crippen molar-refractivity contribution in [3.63, 3.8) is 0 Å². The molecule has 1 atom stereocenters. The van der Waals surface area contributed by atoms with E-state index in [1.165, 1.54) is 0 Å². The van der Waals surface area contributed by atoms with Gasteiger partial charge in [0.2, 0.25) is 0 Å². The highest BCUT2D eigenvalue weighted by molar-refractivity contribution is 6.02. The topological polar surface area (TPSA) is 43.4 Å². The van der Waals surface area contributed by atoms with E-state index in [0.29, 0.717) is 7.11 Å². The monoisotopic (exact) mass is 226 g/mol. The van der Waals surface area contributed by atoms with E-state index in [1.807, 2.05) is 0 Å². The lowest BCUT2D eigenvalue weighted by Crippen LogP contribution is -2.49. The first kappa shape index (κ1) is 13.4. The Morgan fingerprint density at radius 1 is 1.40 bits per heavy atom. The van der Waals surface area contributed by atoms with Crippen molar-refractivity contribution in [3.05, 3.63) is 18.4 Å². The van der Waals surface area contributed by atoms with E-state index in [0.717, 1.165) is 0 Å². The highest BCUT2D eigenvalue weighted by Crippen LogP contribution is 2.41. The summed E-state index contributed by atoms with van der Waals surface area (Å²) in [5.74, 6) is -2.07. The SMILES string of the molecule is C=C=CC(C(=O)F)(C(=O)OC)C(F)(F)F. The van der Waals surface area contributed by atoms with Gasteiger partial charge in [-0.2, -0.15) is 17.6 Å². The number of hydrogen-bond donors (Lipinski definition) is 0. The van der Waals surface area contributed by atoms with Gasteiger partial charge < -0.3 is 4.74 Å². The molecule has 0 aliphatic heterocycles. The van der Waals surface area contributed by atoms with E-state index >= 15 is 0 Å². The highest BCUT2D eigenvalue weighted by atomic mass is 19.4. The lowest BCUT2D eigenvalue weighted by molar-refractivity contribution is -0.221. The van der Waals surface area contributed by atoms with Crippen molar-refractivity contribution in [2.45, 2.75) is 6.18 Å². The number of carbonyl (C=O) groups is 2. The molecule has 0 rings (SSSR count). The van der Waals surface area contributed by atoms with Gasteiger partial charge in [0, 0.05) is 0 Å². The summed E-state index contributed by atoms with van der Waals surface area (Å²) in [5, 5.41) is 0. The van der Waals surface area contributed by atoms with Gasteiger partial charge in [-0.3, -0.25) is 9.59 Å². The Labute approximate surface area is 82.0 Å². The van der Waals surface area contributed by atoms with E-state index < -0.39 is 23.6 Å². The van der Waals surface area contributed by atoms with Gasteiger partial charge in [0.1, 0.15) is 0 Å². The molecule has 1 unspecified atom stereocenters. The number of ether oxygens (including phenoxy) is 1. The number of carbonyl (C=O) groups excluding carboxylic acids is 2. The van der Waals surface area contributed by atoms with Gasteiger partial charge in [0.25, 0.3) is 5.41 Å². The van der Waals surface area contributed by atoms with E-state index in [4.69, 9.17) is 0 Å². The molecule has 0 bridgehead atoms. The molecular weight excluding hydrogens is 220 g/mol. The molecule has 7 heteroatoms. The molecule has 0 saturated carbocycles. The van der Waals surface area contributed by atoms with Crippen LogP contribution < -0.4 is 0 Å². The second-order valence-corrected chi connectivity index (χ2v) is 2.42. The molecule has 0 N–H and O–H groups in total. The second kappa shape index (κ2) is 4.27. The molecule has 0 fully saturated rings. The maximum Gasteiger partial charge on any atom is 0.418 e. The van der Waals surface area contributed by atoms with Crippen LogP contribution in [0.1, 0.15) is 0 Å². The predicted molar refractivity (Wildman–Crippen MR) is 40.3 cm³/mol. The molecule has 0 saturated heterocycles. The molecule has 0 amide bonds. The summed E-state index contributed by atoms with van der Waals surface area (Å²) in [6.45, 7) is 2.75. The Bertz CT molecular complexity index is 323. The molecule has 15 heavy (non-hydrogen) atoms. The van der Waals surface area contributed by atoms with Crippen LogP contribution in [0.4, 0.5) is 17.6 Å². The summed E-state index contributed by atoms with van der Waals surface area (Å²) in [5.41, 5.74) is -2.41. The first-order valence-corrected chi connectivity index (χ1v) is 3.46. The maximum absolute atomic E-state index is 12.4. The van der Waals surface area contributed by atoms with Crippen LogP contribution in [0.2, 0.25) is 0 Å². The number of hydrogen-bond acceptors (Lipinski definition) is 3. The van der Waals surface area contributed by atoms with Crippen LogP contribution in [0.3, 0.4) is 0 Å². The van der Waals surface area contributed by atoms with Crippen molar-refractivity contribution >= 4 is 12.0 Å². The van der Waals surface area contributed by atoms with E-state index in [9.17, 15) is 27.2 Å². The molecule has 0 radical (unpaired) electrons.